The van der Waals surface area contributed by atoms with Gasteiger partial charge in [-0.3, -0.25) is 0 Å². The van der Waals surface area contributed by atoms with Crippen LogP contribution < -0.4 is 0 Å². The Morgan fingerprint density at radius 1 is 1.07 bits per heavy atom. The molecule has 0 atom stereocenters. The van der Waals surface area contributed by atoms with Crippen LogP contribution in [-0.4, -0.2) is 17.0 Å². The molecule has 0 N–H and O–H groups in total. The van der Waals surface area contributed by atoms with E-state index in [2.05, 4.69) is 6.92 Å². The molecule has 0 aromatic rings. The molecule has 0 aliphatic heterocycles. The first-order valence-corrected chi connectivity index (χ1v) is 5.97. The highest BCUT2D eigenvalue weighted by molar-refractivity contribution is 5.51. The molecule has 0 aliphatic carbocycles. The van der Waals surface area contributed by atoms with Crippen molar-refractivity contribution in [3.8, 4) is 0 Å². The minimum atomic E-state index is 0.0927. The molecular formula is C12H25NO. The van der Waals surface area contributed by atoms with Crippen molar-refractivity contribution in [1.82, 2.24) is 0 Å². The van der Waals surface area contributed by atoms with Gasteiger partial charge in [0, 0.05) is 6.42 Å². The molecule has 14 heavy (non-hydrogen) atoms. The molecule has 0 bridgehead atoms. The van der Waals surface area contributed by atoms with Gasteiger partial charge in [0.1, 0.15) is 0 Å². The summed E-state index contributed by atoms with van der Waals surface area (Å²) in [6.45, 7) is 6.07. The molecule has 0 aromatic heterocycles. The van der Waals surface area contributed by atoms with E-state index < -0.39 is 0 Å². The van der Waals surface area contributed by atoms with E-state index in [9.17, 15) is 5.21 Å². The lowest BCUT2D eigenvalue weighted by molar-refractivity contribution is -0.488. The third-order valence-corrected chi connectivity index (χ3v) is 2.38. The third-order valence-electron chi connectivity index (χ3n) is 2.38. The Kier molecular flexibility index (Phi) is 8.70. The molecule has 2 heteroatoms. The molecule has 0 heterocycles. The fraction of sp³-hybridized carbons (Fsp3) is 0.917. The van der Waals surface area contributed by atoms with Crippen LogP contribution in [0.3, 0.4) is 0 Å². The van der Waals surface area contributed by atoms with Crippen LogP contribution >= 0.6 is 0 Å². The van der Waals surface area contributed by atoms with Gasteiger partial charge in [-0.05, 0) is 20.3 Å². The normalized spacial score (nSPS) is 12.4. The van der Waals surface area contributed by atoms with Crippen LogP contribution in [0.5, 0.6) is 0 Å². The predicted octanol–water partition coefficient (Wildman–Crippen LogP) is 3.73. The van der Waals surface area contributed by atoms with Crippen molar-refractivity contribution in [3.63, 3.8) is 0 Å². The van der Waals surface area contributed by atoms with Crippen molar-refractivity contribution in [2.45, 2.75) is 71.8 Å². The first kappa shape index (κ1) is 13.5. The molecule has 0 spiro atoms. The van der Waals surface area contributed by atoms with Crippen LogP contribution in [0.15, 0.2) is 0 Å². The molecule has 0 saturated carbocycles. The lowest BCUT2D eigenvalue weighted by atomic mass is 10.1. The highest BCUT2D eigenvalue weighted by atomic mass is 16.5. The Hall–Kier alpha value is -0.530. The van der Waals surface area contributed by atoms with Crippen molar-refractivity contribution in [1.29, 1.82) is 0 Å². The SMILES string of the molecule is CCCCCCCCC=[N+]([O-])C(C)C. The van der Waals surface area contributed by atoms with E-state index in [1.807, 2.05) is 13.8 Å². The summed E-state index contributed by atoms with van der Waals surface area (Å²) >= 11 is 0. The molecule has 0 aliphatic rings. The van der Waals surface area contributed by atoms with Crippen LogP contribution in [0.25, 0.3) is 0 Å². The van der Waals surface area contributed by atoms with Crippen LogP contribution in [0, 0.1) is 5.21 Å². The zero-order chi connectivity index (χ0) is 10.8. The Morgan fingerprint density at radius 2 is 1.64 bits per heavy atom. The van der Waals surface area contributed by atoms with Gasteiger partial charge in [0.05, 0.1) is 0 Å². The van der Waals surface area contributed by atoms with E-state index in [0.29, 0.717) is 0 Å². The average molecular weight is 199 g/mol. The van der Waals surface area contributed by atoms with Gasteiger partial charge in [0.2, 0.25) is 0 Å². The minimum Gasteiger partial charge on any atom is -0.624 e. The van der Waals surface area contributed by atoms with Crippen molar-refractivity contribution in [2.75, 3.05) is 0 Å². The lowest BCUT2D eigenvalue weighted by Gasteiger charge is -2.06. The van der Waals surface area contributed by atoms with Crippen molar-refractivity contribution < 1.29 is 4.74 Å². The van der Waals surface area contributed by atoms with Crippen molar-refractivity contribution >= 4 is 6.21 Å². The van der Waals surface area contributed by atoms with E-state index in [0.717, 1.165) is 17.6 Å². The highest BCUT2D eigenvalue weighted by Crippen LogP contribution is 2.05. The Balaban J connectivity index is 3.24. The average Bonchev–Trinajstić information content (AvgIpc) is 2.16. The second kappa shape index (κ2) is 9.04. The van der Waals surface area contributed by atoms with Gasteiger partial charge in [-0.2, -0.15) is 0 Å². The maximum atomic E-state index is 11.1. The van der Waals surface area contributed by atoms with E-state index in [1.165, 1.54) is 32.1 Å². The Morgan fingerprint density at radius 3 is 2.21 bits per heavy atom. The summed E-state index contributed by atoms with van der Waals surface area (Å²) in [6.07, 6.45) is 10.5. The molecule has 0 fully saturated rings. The summed E-state index contributed by atoms with van der Waals surface area (Å²) < 4.78 is 1.06. The second-order valence-corrected chi connectivity index (χ2v) is 4.19. The van der Waals surface area contributed by atoms with Crippen LogP contribution in [0.4, 0.5) is 0 Å². The number of hydrogen-bond donors (Lipinski definition) is 0. The zero-order valence-corrected chi connectivity index (χ0v) is 9.96. The lowest BCUT2D eigenvalue weighted by Crippen LogP contribution is -2.14. The van der Waals surface area contributed by atoms with Gasteiger partial charge in [0.15, 0.2) is 12.3 Å². The quantitative estimate of drug-likeness (QED) is 0.192. The number of unbranched alkanes of at least 4 members (excludes halogenated alkanes) is 6. The molecule has 0 rings (SSSR count). The van der Waals surface area contributed by atoms with E-state index >= 15 is 0 Å². The second-order valence-electron chi connectivity index (χ2n) is 4.19. The number of rotatable bonds is 8. The van der Waals surface area contributed by atoms with Gasteiger partial charge in [-0.1, -0.05) is 39.0 Å². The van der Waals surface area contributed by atoms with Gasteiger partial charge in [-0.15, -0.1) is 0 Å². The minimum absolute atomic E-state index is 0.0927. The topological polar surface area (TPSA) is 26.1 Å². The van der Waals surface area contributed by atoms with Crippen LogP contribution in [0.2, 0.25) is 0 Å². The van der Waals surface area contributed by atoms with E-state index in [-0.39, 0.29) is 6.04 Å². The smallest absolute Gasteiger partial charge is 0.157 e. The van der Waals surface area contributed by atoms with Gasteiger partial charge >= 0.3 is 0 Å². The van der Waals surface area contributed by atoms with Gasteiger partial charge in [-0.25, -0.2) is 4.74 Å². The monoisotopic (exact) mass is 199 g/mol. The molecule has 0 saturated heterocycles. The van der Waals surface area contributed by atoms with Gasteiger partial charge < -0.3 is 5.21 Å². The first-order chi connectivity index (χ1) is 6.68. The predicted molar refractivity (Wildman–Crippen MR) is 62.8 cm³/mol. The molecule has 0 aromatic carbocycles. The van der Waals surface area contributed by atoms with Gasteiger partial charge in [0.25, 0.3) is 0 Å². The molecule has 2 nitrogen and oxygen atoms in total. The molecule has 0 radical (unpaired) electrons. The summed E-state index contributed by atoms with van der Waals surface area (Å²) in [7, 11) is 0. The summed E-state index contributed by atoms with van der Waals surface area (Å²) in [5.74, 6) is 0. The Labute approximate surface area is 88.6 Å². The van der Waals surface area contributed by atoms with E-state index in [1.54, 1.807) is 6.21 Å². The Bertz CT molecular complexity index is 152. The summed E-state index contributed by atoms with van der Waals surface area (Å²) in [5, 5.41) is 11.1. The first-order valence-electron chi connectivity index (χ1n) is 5.97. The molecule has 0 unspecified atom stereocenters. The largest absolute Gasteiger partial charge is 0.624 e. The molecule has 84 valence electrons. The fourth-order valence-corrected chi connectivity index (χ4v) is 1.35. The fourth-order valence-electron chi connectivity index (χ4n) is 1.35. The van der Waals surface area contributed by atoms with Crippen LogP contribution in [0.1, 0.15) is 65.7 Å². The number of nitrogens with zero attached hydrogens (tertiary/aromatic N) is 1. The van der Waals surface area contributed by atoms with Crippen molar-refractivity contribution in [2.24, 2.45) is 0 Å². The standard InChI is InChI=1S/C12H25NO/c1-4-5-6-7-8-9-10-11-13(14)12(2)3/h11-12H,4-10H2,1-3H3. The maximum Gasteiger partial charge on any atom is 0.157 e. The summed E-state index contributed by atoms with van der Waals surface area (Å²) in [4.78, 5) is 0. The third kappa shape index (κ3) is 8.09. The maximum absolute atomic E-state index is 11.1. The molecule has 0 amide bonds. The van der Waals surface area contributed by atoms with Crippen molar-refractivity contribution in [3.05, 3.63) is 5.21 Å². The number of hydroxylamine groups is 1. The van der Waals surface area contributed by atoms with Crippen LogP contribution in [-0.2, 0) is 0 Å². The molecular weight excluding hydrogens is 174 g/mol. The van der Waals surface area contributed by atoms with E-state index in [4.69, 9.17) is 0 Å². The summed E-state index contributed by atoms with van der Waals surface area (Å²) in [5.41, 5.74) is 0. The summed E-state index contributed by atoms with van der Waals surface area (Å²) in [6, 6.07) is 0.0927. The number of hydrogen-bond acceptors (Lipinski definition) is 1. The zero-order valence-electron chi connectivity index (χ0n) is 9.96. The highest BCUT2D eigenvalue weighted by Gasteiger charge is 1.98.